The van der Waals surface area contributed by atoms with Crippen LogP contribution in [-0.4, -0.2) is 19.5 Å². The molecule has 0 fully saturated rings. The number of rotatable bonds is 2. The van der Waals surface area contributed by atoms with Crippen molar-refractivity contribution < 1.29 is 0 Å². The largest absolute Gasteiger partial charge is 0.333 e. The highest BCUT2D eigenvalue weighted by Gasteiger charge is 2.04. The molecule has 0 amide bonds. The molecular formula is C16H12N4S. The Balaban J connectivity index is 1.78. The lowest BCUT2D eigenvalue weighted by Gasteiger charge is -1.99. The van der Waals surface area contributed by atoms with Crippen molar-refractivity contribution >= 4 is 44.7 Å². The van der Waals surface area contributed by atoms with E-state index < -0.39 is 0 Å². The first-order valence-corrected chi connectivity index (χ1v) is 7.41. The predicted octanol–water partition coefficient (Wildman–Crippen LogP) is 3.75. The summed E-state index contributed by atoms with van der Waals surface area (Å²) in [6, 6.07) is 8.13. The van der Waals surface area contributed by atoms with Crippen molar-refractivity contribution in [2.45, 2.75) is 0 Å². The summed E-state index contributed by atoms with van der Waals surface area (Å²) in [5.41, 5.74) is 4.23. The number of fused-ring (bicyclic) bond motifs is 2. The fraction of sp³-hybridized carbons (Fsp3) is 0.0625. The van der Waals surface area contributed by atoms with Gasteiger partial charge in [-0.2, -0.15) is 0 Å². The number of aryl methyl sites for hydroxylation is 1. The van der Waals surface area contributed by atoms with Gasteiger partial charge in [0.1, 0.15) is 10.5 Å². The first-order valence-electron chi connectivity index (χ1n) is 6.60. The van der Waals surface area contributed by atoms with Gasteiger partial charge in [-0.05, 0) is 24.3 Å². The molecular weight excluding hydrogens is 280 g/mol. The normalized spacial score (nSPS) is 11.9. The maximum atomic E-state index is 4.56. The Hall–Kier alpha value is -2.53. The minimum absolute atomic E-state index is 0.945. The van der Waals surface area contributed by atoms with Gasteiger partial charge in [0.05, 0.1) is 28.3 Å². The van der Waals surface area contributed by atoms with E-state index in [2.05, 4.69) is 27.1 Å². The smallest absolute Gasteiger partial charge is 0.117 e. The first-order chi connectivity index (χ1) is 10.3. The fourth-order valence-corrected chi connectivity index (χ4v) is 3.25. The fourth-order valence-electron chi connectivity index (χ4n) is 2.41. The van der Waals surface area contributed by atoms with Crippen LogP contribution in [0.4, 0.5) is 0 Å². The highest BCUT2D eigenvalue weighted by atomic mass is 32.1. The zero-order valence-corrected chi connectivity index (χ0v) is 12.2. The van der Waals surface area contributed by atoms with E-state index in [0.29, 0.717) is 0 Å². The number of nitrogens with zero attached hydrogens (tertiary/aromatic N) is 4. The van der Waals surface area contributed by atoms with Gasteiger partial charge in [0.15, 0.2) is 0 Å². The monoisotopic (exact) mass is 292 g/mol. The highest BCUT2D eigenvalue weighted by Crippen LogP contribution is 2.24. The summed E-state index contributed by atoms with van der Waals surface area (Å²) >= 11 is 1.67. The van der Waals surface area contributed by atoms with Crippen molar-refractivity contribution in [2.75, 3.05) is 0 Å². The molecule has 3 heterocycles. The number of thiazole rings is 1. The maximum Gasteiger partial charge on any atom is 0.117 e. The van der Waals surface area contributed by atoms with Crippen molar-refractivity contribution in [1.82, 2.24) is 19.5 Å². The highest BCUT2D eigenvalue weighted by molar-refractivity contribution is 7.19. The molecule has 0 saturated carbocycles. The molecule has 0 atom stereocenters. The molecule has 5 heteroatoms. The molecule has 0 aliphatic carbocycles. The van der Waals surface area contributed by atoms with Gasteiger partial charge >= 0.3 is 0 Å². The Bertz CT molecular complexity index is 932. The second kappa shape index (κ2) is 4.79. The van der Waals surface area contributed by atoms with Crippen LogP contribution in [0.3, 0.4) is 0 Å². The van der Waals surface area contributed by atoms with Gasteiger partial charge in [0, 0.05) is 18.8 Å². The summed E-state index contributed by atoms with van der Waals surface area (Å²) in [7, 11) is 2.01. The minimum atomic E-state index is 0.945. The average molecular weight is 292 g/mol. The van der Waals surface area contributed by atoms with E-state index in [0.717, 1.165) is 31.8 Å². The zero-order chi connectivity index (χ0) is 14.2. The molecule has 4 rings (SSSR count). The summed E-state index contributed by atoms with van der Waals surface area (Å²) in [4.78, 5) is 13.0. The van der Waals surface area contributed by atoms with Crippen molar-refractivity contribution in [3.05, 3.63) is 53.6 Å². The Labute approximate surface area is 125 Å². The summed E-state index contributed by atoms with van der Waals surface area (Å²) in [6.07, 6.45) is 9.57. The minimum Gasteiger partial charge on any atom is -0.333 e. The molecule has 21 heavy (non-hydrogen) atoms. The van der Waals surface area contributed by atoms with Crippen molar-refractivity contribution in [1.29, 1.82) is 0 Å². The van der Waals surface area contributed by atoms with Gasteiger partial charge < -0.3 is 4.57 Å². The van der Waals surface area contributed by atoms with E-state index in [1.807, 2.05) is 42.2 Å². The SMILES string of the molecule is Cn1cnc2cccc(/C=C/c3nc4cnccc4s3)c21. The van der Waals surface area contributed by atoms with Crippen LogP contribution < -0.4 is 0 Å². The van der Waals surface area contributed by atoms with Crippen molar-refractivity contribution in [3.8, 4) is 0 Å². The molecule has 4 aromatic rings. The first kappa shape index (κ1) is 12.2. The molecule has 0 aliphatic rings. The van der Waals surface area contributed by atoms with E-state index in [1.165, 1.54) is 0 Å². The lowest BCUT2D eigenvalue weighted by molar-refractivity contribution is 0.947. The zero-order valence-electron chi connectivity index (χ0n) is 11.4. The van der Waals surface area contributed by atoms with Crippen LogP contribution >= 0.6 is 11.3 Å². The summed E-state index contributed by atoms with van der Waals surface area (Å²) in [5.74, 6) is 0. The second-order valence-electron chi connectivity index (χ2n) is 4.80. The van der Waals surface area contributed by atoms with Crippen LogP contribution in [0.5, 0.6) is 0 Å². The van der Waals surface area contributed by atoms with Gasteiger partial charge in [-0.15, -0.1) is 11.3 Å². The van der Waals surface area contributed by atoms with Crippen LogP contribution in [0.1, 0.15) is 10.6 Å². The van der Waals surface area contributed by atoms with Gasteiger partial charge in [0.2, 0.25) is 0 Å². The van der Waals surface area contributed by atoms with Crippen molar-refractivity contribution in [3.63, 3.8) is 0 Å². The van der Waals surface area contributed by atoms with Crippen LogP contribution in [-0.2, 0) is 7.05 Å². The van der Waals surface area contributed by atoms with Crippen LogP contribution in [0.15, 0.2) is 43.0 Å². The molecule has 0 radical (unpaired) electrons. The number of hydrogen-bond donors (Lipinski definition) is 0. The van der Waals surface area contributed by atoms with Crippen LogP contribution in [0, 0.1) is 0 Å². The molecule has 4 nitrogen and oxygen atoms in total. The molecule has 0 unspecified atom stereocenters. The lowest BCUT2D eigenvalue weighted by Crippen LogP contribution is -1.86. The maximum absolute atomic E-state index is 4.56. The molecule has 0 N–H and O–H groups in total. The third kappa shape index (κ3) is 2.11. The molecule has 1 aromatic carbocycles. The topological polar surface area (TPSA) is 43.6 Å². The van der Waals surface area contributed by atoms with Crippen molar-refractivity contribution in [2.24, 2.45) is 7.05 Å². The number of para-hydroxylation sites is 1. The summed E-state index contributed by atoms with van der Waals surface area (Å²) in [5, 5.41) is 0.983. The molecule has 0 saturated heterocycles. The van der Waals surface area contributed by atoms with Gasteiger partial charge in [-0.25, -0.2) is 9.97 Å². The van der Waals surface area contributed by atoms with E-state index >= 15 is 0 Å². The average Bonchev–Trinajstić information content (AvgIpc) is 3.09. The Morgan fingerprint density at radius 3 is 3.00 bits per heavy atom. The Morgan fingerprint density at radius 1 is 1.14 bits per heavy atom. The molecule has 0 spiro atoms. The van der Waals surface area contributed by atoms with E-state index in [-0.39, 0.29) is 0 Å². The second-order valence-corrected chi connectivity index (χ2v) is 5.86. The standard InChI is InChI=1S/C16H12N4S/c1-20-10-18-12-4-2-3-11(16(12)20)5-6-15-19-13-9-17-8-7-14(13)21-15/h2-10H,1H3/b6-5+. The third-order valence-electron chi connectivity index (χ3n) is 3.38. The summed E-state index contributed by atoms with van der Waals surface area (Å²) < 4.78 is 3.19. The third-order valence-corrected chi connectivity index (χ3v) is 4.38. The Kier molecular flexibility index (Phi) is 2.79. The molecule has 0 bridgehead atoms. The number of pyridine rings is 1. The van der Waals surface area contributed by atoms with E-state index in [9.17, 15) is 0 Å². The number of benzene rings is 1. The number of aromatic nitrogens is 4. The number of hydrogen-bond acceptors (Lipinski definition) is 4. The van der Waals surface area contributed by atoms with Crippen LogP contribution in [0.25, 0.3) is 33.4 Å². The lowest BCUT2D eigenvalue weighted by atomic mass is 10.1. The molecule has 3 aromatic heterocycles. The van der Waals surface area contributed by atoms with Gasteiger partial charge in [-0.3, -0.25) is 4.98 Å². The van der Waals surface area contributed by atoms with Gasteiger partial charge in [-0.1, -0.05) is 12.1 Å². The van der Waals surface area contributed by atoms with Gasteiger partial charge in [0.25, 0.3) is 0 Å². The quantitative estimate of drug-likeness (QED) is 0.565. The summed E-state index contributed by atoms with van der Waals surface area (Å²) in [6.45, 7) is 0. The number of imidazole rings is 1. The van der Waals surface area contributed by atoms with E-state index in [1.54, 1.807) is 23.7 Å². The predicted molar refractivity (Wildman–Crippen MR) is 87.1 cm³/mol. The molecule has 102 valence electrons. The van der Waals surface area contributed by atoms with E-state index in [4.69, 9.17) is 0 Å². The van der Waals surface area contributed by atoms with Crippen LogP contribution in [0.2, 0.25) is 0 Å². The molecule has 0 aliphatic heterocycles. The Morgan fingerprint density at radius 2 is 2.10 bits per heavy atom.